The van der Waals surface area contributed by atoms with Gasteiger partial charge in [-0.3, -0.25) is 4.79 Å². The zero-order valence-electron chi connectivity index (χ0n) is 10.1. The Morgan fingerprint density at radius 2 is 2.11 bits per heavy atom. The number of hydrogen-bond acceptors (Lipinski definition) is 4. The summed E-state index contributed by atoms with van der Waals surface area (Å²) < 4.78 is 0. The van der Waals surface area contributed by atoms with Crippen molar-refractivity contribution in [2.24, 2.45) is 0 Å². The highest BCUT2D eigenvalue weighted by molar-refractivity contribution is 6.28. The number of carbonyl (C=O) groups is 1. The van der Waals surface area contributed by atoms with Crippen molar-refractivity contribution in [3.05, 3.63) is 29.5 Å². The standard InChI is InChI=1S/C12H13ClN4O/c1-14-10(18)7-17(2)11-8-5-3-4-6-9(8)15-12(13)16-11/h3-6H,7H2,1-2H3,(H,14,18). The molecule has 0 bridgehead atoms. The molecular formula is C12H13ClN4O. The van der Waals surface area contributed by atoms with Crippen LogP contribution in [0.1, 0.15) is 0 Å². The number of nitrogens with zero attached hydrogens (tertiary/aromatic N) is 3. The highest BCUT2D eigenvalue weighted by Gasteiger charge is 2.12. The Labute approximate surface area is 110 Å². The van der Waals surface area contributed by atoms with Crippen LogP contribution in [0, 0.1) is 0 Å². The van der Waals surface area contributed by atoms with Gasteiger partial charge in [0.25, 0.3) is 0 Å². The van der Waals surface area contributed by atoms with Crippen molar-refractivity contribution in [1.82, 2.24) is 15.3 Å². The molecule has 0 aliphatic heterocycles. The van der Waals surface area contributed by atoms with Gasteiger partial charge in [0.05, 0.1) is 12.1 Å². The molecule has 1 heterocycles. The summed E-state index contributed by atoms with van der Waals surface area (Å²) in [5.74, 6) is 0.561. The second-order valence-electron chi connectivity index (χ2n) is 3.86. The summed E-state index contributed by atoms with van der Waals surface area (Å²) >= 11 is 5.89. The maximum absolute atomic E-state index is 11.4. The van der Waals surface area contributed by atoms with E-state index in [1.54, 1.807) is 19.0 Å². The minimum atomic E-state index is -0.0867. The highest BCUT2D eigenvalue weighted by atomic mass is 35.5. The first-order chi connectivity index (χ1) is 8.61. The SMILES string of the molecule is CNC(=O)CN(C)c1nc(Cl)nc2ccccc12. The maximum Gasteiger partial charge on any atom is 0.239 e. The first-order valence-corrected chi connectivity index (χ1v) is 5.83. The number of hydrogen-bond donors (Lipinski definition) is 1. The number of para-hydroxylation sites is 1. The first kappa shape index (κ1) is 12.6. The van der Waals surface area contributed by atoms with Crippen LogP contribution in [0.5, 0.6) is 0 Å². The molecule has 18 heavy (non-hydrogen) atoms. The lowest BCUT2D eigenvalue weighted by molar-refractivity contribution is -0.119. The number of fused-ring (bicyclic) bond motifs is 1. The third-order valence-electron chi connectivity index (χ3n) is 2.58. The normalized spacial score (nSPS) is 10.4. The molecule has 5 nitrogen and oxygen atoms in total. The van der Waals surface area contributed by atoms with Gasteiger partial charge in [0.1, 0.15) is 5.82 Å². The molecule has 0 spiro atoms. The van der Waals surface area contributed by atoms with E-state index in [0.29, 0.717) is 5.82 Å². The van der Waals surface area contributed by atoms with E-state index >= 15 is 0 Å². The maximum atomic E-state index is 11.4. The molecule has 6 heteroatoms. The van der Waals surface area contributed by atoms with Crippen LogP contribution in [0.3, 0.4) is 0 Å². The van der Waals surface area contributed by atoms with E-state index in [-0.39, 0.29) is 17.7 Å². The average Bonchev–Trinajstić information content (AvgIpc) is 2.37. The molecule has 2 rings (SSSR count). The van der Waals surface area contributed by atoms with Crippen molar-refractivity contribution in [3.8, 4) is 0 Å². The van der Waals surface area contributed by atoms with Crippen LogP contribution in [0.2, 0.25) is 5.28 Å². The van der Waals surface area contributed by atoms with E-state index in [1.807, 2.05) is 24.3 Å². The number of aromatic nitrogens is 2. The van der Waals surface area contributed by atoms with Gasteiger partial charge in [-0.25, -0.2) is 4.98 Å². The van der Waals surface area contributed by atoms with Crippen molar-refractivity contribution >= 4 is 34.2 Å². The number of anilines is 1. The lowest BCUT2D eigenvalue weighted by Crippen LogP contribution is -2.33. The quantitative estimate of drug-likeness (QED) is 0.853. The summed E-state index contributed by atoms with van der Waals surface area (Å²) in [4.78, 5) is 21.5. The first-order valence-electron chi connectivity index (χ1n) is 5.46. The van der Waals surface area contributed by atoms with Crippen LogP contribution in [-0.2, 0) is 4.79 Å². The van der Waals surface area contributed by atoms with Gasteiger partial charge >= 0.3 is 0 Å². The number of carbonyl (C=O) groups excluding carboxylic acids is 1. The van der Waals surface area contributed by atoms with E-state index in [9.17, 15) is 4.79 Å². The van der Waals surface area contributed by atoms with Gasteiger partial charge in [-0.05, 0) is 23.7 Å². The summed E-state index contributed by atoms with van der Waals surface area (Å²) in [5, 5.41) is 3.61. The molecule has 0 atom stereocenters. The van der Waals surface area contributed by atoms with Gasteiger partial charge in [0.15, 0.2) is 0 Å². The predicted molar refractivity (Wildman–Crippen MR) is 71.9 cm³/mol. The van der Waals surface area contributed by atoms with Crippen LogP contribution in [0.25, 0.3) is 10.9 Å². The van der Waals surface area contributed by atoms with Gasteiger partial charge in [-0.2, -0.15) is 4.98 Å². The Bertz CT molecular complexity index is 587. The summed E-state index contributed by atoms with van der Waals surface area (Å²) in [6.45, 7) is 0.216. The smallest absolute Gasteiger partial charge is 0.239 e. The van der Waals surface area contributed by atoms with Crippen LogP contribution < -0.4 is 10.2 Å². The molecule has 2 aromatic rings. The second kappa shape index (κ2) is 5.18. The number of amides is 1. The van der Waals surface area contributed by atoms with Crippen molar-refractivity contribution in [1.29, 1.82) is 0 Å². The Kier molecular flexibility index (Phi) is 3.62. The van der Waals surface area contributed by atoms with Crippen LogP contribution in [-0.4, -0.2) is 36.5 Å². The molecule has 1 aromatic carbocycles. The van der Waals surface area contributed by atoms with Crippen LogP contribution >= 0.6 is 11.6 Å². The fourth-order valence-corrected chi connectivity index (χ4v) is 1.86. The molecule has 1 aromatic heterocycles. The molecule has 0 radical (unpaired) electrons. The molecule has 0 saturated heterocycles. The summed E-state index contributed by atoms with van der Waals surface area (Å²) in [7, 11) is 3.39. The number of halogens is 1. The Morgan fingerprint density at radius 1 is 1.39 bits per heavy atom. The fourth-order valence-electron chi connectivity index (χ4n) is 1.69. The molecule has 1 N–H and O–H groups in total. The van der Waals surface area contributed by atoms with Gasteiger partial charge in [-0.1, -0.05) is 12.1 Å². The Hall–Kier alpha value is -1.88. The van der Waals surface area contributed by atoms with Crippen LogP contribution in [0.15, 0.2) is 24.3 Å². The van der Waals surface area contributed by atoms with E-state index in [2.05, 4.69) is 15.3 Å². The lowest BCUT2D eigenvalue weighted by Gasteiger charge is -2.18. The van der Waals surface area contributed by atoms with Gasteiger partial charge in [0, 0.05) is 19.5 Å². The van der Waals surface area contributed by atoms with Crippen molar-refractivity contribution < 1.29 is 4.79 Å². The molecule has 0 aliphatic carbocycles. The molecule has 1 amide bonds. The lowest BCUT2D eigenvalue weighted by atomic mass is 10.2. The Morgan fingerprint density at radius 3 is 2.83 bits per heavy atom. The molecule has 0 fully saturated rings. The van der Waals surface area contributed by atoms with Crippen LogP contribution in [0.4, 0.5) is 5.82 Å². The Balaban J connectivity index is 2.46. The minimum absolute atomic E-state index is 0.0867. The number of nitrogens with one attached hydrogen (secondary N) is 1. The third-order valence-corrected chi connectivity index (χ3v) is 2.75. The molecular weight excluding hydrogens is 252 g/mol. The molecule has 94 valence electrons. The number of likely N-dealkylation sites (N-methyl/N-ethyl adjacent to an activating group) is 2. The minimum Gasteiger partial charge on any atom is -0.358 e. The van der Waals surface area contributed by atoms with Crippen molar-refractivity contribution in [3.63, 3.8) is 0 Å². The third kappa shape index (κ3) is 2.51. The van der Waals surface area contributed by atoms with E-state index in [0.717, 1.165) is 10.9 Å². The zero-order chi connectivity index (χ0) is 13.1. The topological polar surface area (TPSA) is 58.1 Å². The van der Waals surface area contributed by atoms with E-state index < -0.39 is 0 Å². The van der Waals surface area contributed by atoms with Gasteiger partial charge < -0.3 is 10.2 Å². The van der Waals surface area contributed by atoms with E-state index in [4.69, 9.17) is 11.6 Å². The second-order valence-corrected chi connectivity index (χ2v) is 4.20. The molecule has 0 unspecified atom stereocenters. The fraction of sp³-hybridized carbons (Fsp3) is 0.250. The summed E-state index contributed by atoms with van der Waals surface area (Å²) in [5.41, 5.74) is 0.760. The molecule has 0 aliphatic rings. The van der Waals surface area contributed by atoms with Gasteiger partial charge in [0.2, 0.25) is 11.2 Å². The van der Waals surface area contributed by atoms with Gasteiger partial charge in [-0.15, -0.1) is 0 Å². The zero-order valence-corrected chi connectivity index (χ0v) is 10.9. The molecule has 0 saturated carbocycles. The number of benzene rings is 1. The highest BCUT2D eigenvalue weighted by Crippen LogP contribution is 2.24. The monoisotopic (exact) mass is 264 g/mol. The predicted octanol–water partition coefficient (Wildman–Crippen LogP) is 1.47. The van der Waals surface area contributed by atoms with E-state index in [1.165, 1.54) is 0 Å². The summed E-state index contributed by atoms with van der Waals surface area (Å²) in [6.07, 6.45) is 0. The number of rotatable bonds is 3. The average molecular weight is 265 g/mol. The largest absolute Gasteiger partial charge is 0.358 e. The van der Waals surface area contributed by atoms with Crippen molar-refractivity contribution in [2.75, 3.05) is 25.5 Å². The summed E-state index contributed by atoms with van der Waals surface area (Å²) in [6, 6.07) is 7.55. The van der Waals surface area contributed by atoms with Crippen molar-refractivity contribution in [2.45, 2.75) is 0 Å².